The summed E-state index contributed by atoms with van der Waals surface area (Å²) in [6, 6.07) is 43.2. The van der Waals surface area contributed by atoms with E-state index in [1.165, 1.54) is 33.0 Å². The topological polar surface area (TPSA) is 25.2 Å². The van der Waals surface area contributed by atoms with Crippen LogP contribution in [0.2, 0.25) is 0 Å². The van der Waals surface area contributed by atoms with E-state index in [1.807, 2.05) is 0 Å². The summed E-state index contributed by atoms with van der Waals surface area (Å²) in [4.78, 5) is 10.2. The molecule has 0 saturated carbocycles. The largest absolute Gasteiger partial charge is 0.259 e. The number of aromatic nitrogens is 1. The van der Waals surface area contributed by atoms with Crippen molar-refractivity contribution in [2.45, 2.75) is 12.3 Å². The summed E-state index contributed by atoms with van der Waals surface area (Å²) >= 11 is 0. The summed E-state index contributed by atoms with van der Waals surface area (Å²) in [5.41, 5.74) is 8.98. The van der Waals surface area contributed by atoms with Gasteiger partial charge in [-0.05, 0) is 51.6 Å². The van der Waals surface area contributed by atoms with E-state index in [9.17, 15) is 0 Å². The fraction of sp³-hybridized carbons (Fsp3) is 0.0588. The van der Waals surface area contributed by atoms with Crippen LogP contribution < -0.4 is 0 Å². The van der Waals surface area contributed by atoms with E-state index in [0.717, 1.165) is 34.3 Å². The van der Waals surface area contributed by atoms with Crippen molar-refractivity contribution in [3.63, 3.8) is 0 Å². The van der Waals surface area contributed by atoms with Crippen molar-refractivity contribution < 1.29 is 0 Å². The Morgan fingerprint density at radius 3 is 2.19 bits per heavy atom. The molecule has 0 saturated heterocycles. The Kier molecular flexibility index (Phi) is 4.96. The van der Waals surface area contributed by atoms with Gasteiger partial charge < -0.3 is 0 Å². The second-order valence-electron chi connectivity index (χ2n) is 9.39. The molecular weight excluding hydrogens is 436 g/mol. The van der Waals surface area contributed by atoms with Gasteiger partial charge in [-0.1, -0.05) is 109 Å². The van der Waals surface area contributed by atoms with E-state index in [1.54, 1.807) is 0 Å². The van der Waals surface area contributed by atoms with Gasteiger partial charge in [-0.3, -0.25) is 4.99 Å². The number of rotatable bonds is 3. The van der Waals surface area contributed by atoms with Crippen LogP contribution in [0.5, 0.6) is 0 Å². The van der Waals surface area contributed by atoms with Crippen LogP contribution in [0.4, 0.5) is 5.69 Å². The Morgan fingerprint density at radius 2 is 1.36 bits per heavy atom. The number of fused-ring (bicyclic) bond motifs is 4. The molecular formula is C34H24N2. The first-order chi connectivity index (χ1) is 17.8. The zero-order valence-electron chi connectivity index (χ0n) is 19.8. The summed E-state index contributed by atoms with van der Waals surface area (Å²) in [6.07, 6.45) is 2.96. The van der Waals surface area contributed by atoms with Crippen LogP contribution in [0, 0.1) is 0 Å². The molecule has 0 spiro atoms. The highest BCUT2D eigenvalue weighted by molar-refractivity contribution is 6.04. The maximum Gasteiger partial charge on any atom is 0.0975 e. The molecule has 5 aromatic carbocycles. The Labute approximate surface area is 210 Å². The highest BCUT2D eigenvalue weighted by Crippen LogP contribution is 2.44. The Balaban J connectivity index is 1.50. The highest BCUT2D eigenvalue weighted by atomic mass is 14.8. The first-order valence-corrected chi connectivity index (χ1v) is 12.4. The summed E-state index contributed by atoms with van der Waals surface area (Å²) in [5.74, 6) is 0.286. The van der Waals surface area contributed by atoms with Crippen molar-refractivity contribution in [3.05, 3.63) is 132 Å². The summed E-state index contributed by atoms with van der Waals surface area (Å²) < 4.78 is 0. The standard InChI is InChI=1S/C34H24N2/c1-3-10-24(11-4-1)28-19-20-35-33-29(28)17-18-30-31(25-12-5-2-6-13-25)22-32(36-34(30)33)27-16-15-23-9-7-8-14-26(23)21-27/h1-18,20-22,28H,19H2. The Morgan fingerprint density at radius 1 is 0.611 bits per heavy atom. The summed E-state index contributed by atoms with van der Waals surface area (Å²) in [5, 5.41) is 3.59. The zero-order chi connectivity index (χ0) is 23.9. The first-order valence-electron chi connectivity index (χ1n) is 12.4. The van der Waals surface area contributed by atoms with Crippen molar-refractivity contribution in [2.24, 2.45) is 4.99 Å². The molecule has 0 bridgehead atoms. The summed E-state index contributed by atoms with van der Waals surface area (Å²) in [7, 11) is 0. The lowest BCUT2D eigenvalue weighted by atomic mass is 9.85. The number of nitrogens with zero attached hydrogens (tertiary/aromatic N) is 2. The van der Waals surface area contributed by atoms with Gasteiger partial charge in [0.15, 0.2) is 0 Å². The molecule has 0 fully saturated rings. The zero-order valence-corrected chi connectivity index (χ0v) is 19.8. The van der Waals surface area contributed by atoms with Gasteiger partial charge in [0.2, 0.25) is 0 Å². The van der Waals surface area contributed by atoms with Crippen LogP contribution in [0.25, 0.3) is 44.1 Å². The minimum atomic E-state index is 0.286. The van der Waals surface area contributed by atoms with Crippen LogP contribution in [-0.2, 0) is 0 Å². The molecule has 0 N–H and O–H groups in total. The average Bonchev–Trinajstić information content (AvgIpc) is 2.96. The van der Waals surface area contributed by atoms with Crippen molar-refractivity contribution in [1.29, 1.82) is 0 Å². The van der Waals surface area contributed by atoms with Crippen LogP contribution in [0.3, 0.4) is 0 Å². The second-order valence-corrected chi connectivity index (χ2v) is 9.39. The number of aliphatic imine (C=N–C) groups is 1. The Bertz CT molecular complexity index is 1750. The van der Waals surface area contributed by atoms with Gasteiger partial charge >= 0.3 is 0 Å². The fourth-order valence-electron chi connectivity index (χ4n) is 5.44. The highest BCUT2D eigenvalue weighted by Gasteiger charge is 2.23. The number of benzene rings is 5. The van der Waals surface area contributed by atoms with E-state index < -0.39 is 0 Å². The predicted octanol–water partition coefficient (Wildman–Crippen LogP) is 8.96. The molecule has 1 aliphatic rings. The predicted molar refractivity (Wildman–Crippen MR) is 151 cm³/mol. The maximum atomic E-state index is 5.27. The SMILES string of the molecule is C1=Nc2c(ccc3c(-c4ccccc4)cc(-c4ccc5ccccc5c4)nc23)C(c2ccccc2)C1. The summed E-state index contributed by atoms with van der Waals surface area (Å²) in [6.45, 7) is 0. The van der Waals surface area contributed by atoms with Crippen molar-refractivity contribution in [2.75, 3.05) is 0 Å². The monoisotopic (exact) mass is 460 g/mol. The second kappa shape index (κ2) is 8.58. The fourth-order valence-corrected chi connectivity index (χ4v) is 5.44. The van der Waals surface area contributed by atoms with Crippen molar-refractivity contribution >= 4 is 33.6 Å². The molecule has 2 heteroatoms. The normalized spacial score (nSPS) is 14.7. The first kappa shape index (κ1) is 20.8. The van der Waals surface area contributed by atoms with Crippen molar-refractivity contribution in [3.8, 4) is 22.4 Å². The van der Waals surface area contributed by atoms with Crippen LogP contribution >= 0.6 is 0 Å². The van der Waals surface area contributed by atoms with E-state index in [0.29, 0.717) is 0 Å². The third-order valence-electron chi connectivity index (χ3n) is 7.25. The van der Waals surface area contributed by atoms with Crippen LogP contribution in [0.15, 0.2) is 126 Å². The lowest BCUT2D eigenvalue weighted by molar-refractivity contribution is 0.853. The number of hydrogen-bond acceptors (Lipinski definition) is 2. The molecule has 1 unspecified atom stereocenters. The minimum Gasteiger partial charge on any atom is -0.259 e. The van der Waals surface area contributed by atoms with E-state index in [-0.39, 0.29) is 5.92 Å². The molecule has 1 aliphatic heterocycles. The molecule has 0 radical (unpaired) electrons. The van der Waals surface area contributed by atoms with Gasteiger partial charge in [0.1, 0.15) is 0 Å². The van der Waals surface area contributed by atoms with Gasteiger partial charge in [-0.2, -0.15) is 0 Å². The van der Waals surface area contributed by atoms with Crippen molar-refractivity contribution in [1.82, 2.24) is 4.98 Å². The average molecular weight is 461 g/mol. The molecule has 1 atom stereocenters. The van der Waals surface area contributed by atoms with Gasteiger partial charge in [0, 0.05) is 23.1 Å². The molecule has 36 heavy (non-hydrogen) atoms. The van der Waals surface area contributed by atoms with E-state index >= 15 is 0 Å². The third kappa shape index (κ3) is 3.50. The minimum absolute atomic E-state index is 0.286. The van der Waals surface area contributed by atoms with Crippen LogP contribution in [-0.4, -0.2) is 11.2 Å². The quantitative estimate of drug-likeness (QED) is 0.259. The molecule has 7 rings (SSSR count). The van der Waals surface area contributed by atoms with Crippen LogP contribution in [0.1, 0.15) is 23.5 Å². The van der Waals surface area contributed by atoms with Gasteiger partial charge in [-0.15, -0.1) is 0 Å². The smallest absolute Gasteiger partial charge is 0.0975 e. The number of hydrogen-bond donors (Lipinski definition) is 0. The molecule has 0 amide bonds. The van der Waals surface area contributed by atoms with Gasteiger partial charge in [0.05, 0.1) is 16.9 Å². The lowest BCUT2D eigenvalue weighted by Crippen LogP contribution is -2.07. The molecule has 6 aromatic rings. The molecule has 1 aromatic heterocycles. The molecule has 2 heterocycles. The van der Waals surface area contributed by atoms with Gasteiger partial charge in [0.25, 0.3) is 0 Å². The van der Waals surface area contributed by atoms with E-state index in [4.69, 9.17) is 9.98 Å². The molecule has 2 nitrogen and oxygen atoms in total. The lowest BCUT2D eigenvalue weighted by Gasteiger charge is -2.23. The Hall–Kier alpha value is -4.56. The molecule has 170 valence electrons. The number of pyridine rings is 1. The third-order valence-corrected chi connectivity index (χ3v) is 7.25. The molecule has 0 aliphatic carbocycles. The van der Waals surface area contributed by atoms with Gasteiger partial charge in [-0.25, -0.2) is 4.98 Å². The maximum absolute atomic E-state index is 5.27. The van der Waals surface area contributed by atoms with E-state index in [2.05, 4.69) is 128 Å².